The van der Waals surface area contributed by atoms with Crippen molar-refractivity contribution in [3.05, 3.63) is 72.9 Å². The minimum Gasteiger partial charge on any atom is -0.462 e. The van der Waals surface area contributed by atoms with Gasteiger partial charge in [0.1, 0.15) is 6.61 Å². The van der Waals surface area contributed by atoms with Gasteiger partial charge in [0.15, 0.2) is 6.10 Å². The molecule has 0 aromatic rings. The standard InChI is InChI=1S/C65H116O5/c1-3-5-7-9-11-13-15-17-19-21-23-25-27-29-30-31-32-33-34-36-38-40-42-44-46-48-50-52-54-56-58-60-65(68)70-63(61-66)62-69-64(67)59-57-55-53-51-49-47-45-43-41-39-37-35-28-26-24-22-20-18-16-14-12-10-8-6-4-2/h15-18,21-24,27-29,35,63,66H,3-14,19-20,25-26,30-34,36-62H2,1-2H3/b17-15-,18-16-,23-21-,24-22-,29-27-,35-28-. The topological polar surface area (TPSA) is 72.8 Å². The van der Waals surface area contributed by atoms with Crippen molar-refractivity contribution in [1.29, 1.82) is 0 Å². The summed E-state index contributed by atoms with van der Waals surface area (Å²) in [4.78, 5) is 24.6. The Morgan fingerprint density at radius 1 is 0.329 bits per heavy atom. The van der Waals surface area contributed by atoms with E-state index in [4.69, 9.17) is 9.47 Å². The summed E-state index contributed by atoms with van der Waals surface area (Å²) in [7, 11) is 0. The summed E-state index contributed by atoms with van der Waals surface area (Å²) in [6.45, 7) is 4.14. The monoisotopic (exact) mass is 977 g/mol. The largest absolute Gasteiger partial charge is 0.462 e. The third-order valence-electron chi connectivity index (χ3n) is 13.5. The van der Waals surface area contributed by atoms with E-state index < -0.39 is 6.10 Å². The molecule has 0 aliphatic carbocycles. The predicted molar refractivity (Wildman–Crippen MR) is 306 cm³/mol. The molecular weight excluding hydrogens is 861 g/mol. The van der Waals surface area contributed by atoms with Crippen molar-refractivity contribution < 1.29 is 24.2 Å². The van der Waals surface area contributed by atoms with Crippen LogP contribution in [0.5, 0.6) is 0 Å². The van der Waals surface area contributed by atoms with Crippen molar-refractivity contribution in [1.82, 2.24) is 0 Å². The number of hydrogen-bond donors (Lipinski definition) is 1. The average molecular weight is 978 g/mol. The van der Waals surface area contributed by atoms with Gasteiger partial charge in [0.2, 0.25) is 0 Å². The second-order valence-corrected chi connectivity index (χ2v) is 20.4. The Morgan fingerprint density at radius 2 is 0.571 bits per heavy atom. The summed E-state index contributed by atoms with van der Waals surface area (Å²) in [6, 6.07) is 0. The molecule has 1 atom stereocenters. The Hall–Kier alpha value is -2.66. The van der Waals surface area contributed by atoms with Gasteiger partial charge < -0.3 is 14.6 Å². The number of aliphatic hydroxyl groups is 1. The Labute approximate surface area is 435 Å². The molecule has 0 rings (SSSR count). The summed E-state index contributed by atoms with van der Waals surface area (Å²) in [5, 5.41) is 9.67. The van der Waals surface area contributed by atoms with Gasteiger partial charge in [-0.05, 0) is 89.9 Å². The van der Waals surface area contributed by atoms with Crippen LogP contribution in [0.1, 0.15) is 309 Å². The van der Waals surface area contributed by atoms with Crippen LogP contribution in [0.25, 0.3) is 0 Å². The molecule has 0 radical (unpaired) electrons. The molecule has 0 aliphatic rings. The normalized spacial score (nSPS) is 12.7. The van der Waals surface area contributed by atoms with Crippen molar-refractivity contribution in [2.24, 2.45) is 0 Å². The molecule has 70 heavy (non-hydrogen) atoms. The molecule has 0 heterocycles. The van der Waals surface area contributed by atoms with E-state index in [9.17, 15) is 14.7 Å². The number of carbonyl (C=O) groups excluding carboxylic acids is 2. The second-order valence-electron chi connectivity index (χ2n) is 20.4. The number of allylic oxidation sites excluding steroid dienone is 12. The maximum Gasteiger partial charge on any atom is 0.306 e. The van der Waals surface area contributed by atoms with Crippen LogP contribution in [0.3, 0.4) is 0 Å². The molecule has 0 saturated heterocycles. The van der Waals surface area contributed by atoms with Crippen LogP contribution in [0.15, 0.2) is 72.9 Å². The van der Waals surface area contributed by atoms with Crippen LogP contribution < -0.4 is 0 Å². The van der Waals surface area contributed by atoms with E-state index in [1.807, 2.05) is 0 Å². The van der Waals surface area contributed by atoms with Crippen LogP contribution in [0.4, 0.5) is 0 Å². The summed E-state index contributed by atoms with van der Waals surface area (Å²) < 4.78 is 10.7. The lowest BCUT2D eigenvalue weighted by Crippen LogP contribution is -2.28. The maximum atomic E-state index is 12.3. The third-order valence-corrected chi connectivity index (χ3v) is 13.5. The smallest absolute Gasteiger partial charge is 0.306 e. The quantitative estimate of drug-likeness (QED) is 0.0373. The van der Waals surface area contributed by atoms with Gasteiger partial charge in [-0.2, -0.15) is 0 Å². The zero-order valence-electron chi connectivity index (χ0n) is 46.5. The SMILES string of the molecule is CCCCCCC/C=C\C/C=C\C/C=C\CCCCCCCCCCCCCCCCCCC(=O)OC(CO)COC(=O)CCCCCCCCCCCC/C=C\C/C=C\C/C=C\CCCCCCC. The van der Waals surface area contributed by atoms with E-state index in [-0.39, 0.29) is 25.2 Å². The fraction of sp³-hybridized carbons (Fsp3) is 0.785. The van der Waals surface area contributed by atoms with E-state index in [1.54, 1.807) is 0 Å². The Kier molecular flexibility index (Phi) is 58.3. The molecule has 0 saturated carbocycles. The van der Waals surface area contributed by atoms with E-state index >= 15 is 0 Å². The van der Waals surface area contributed by atoms with Crippen LogP contribution >= 0.6 is 0 Å². The van der Waals surface area contributed by atoms with Crippen molar-refractivity contribution in [2.45, 2.75) is 315 Å². The highest BCUT2D eigenvalue weighted by atomic mass is 16.6. The first-order chi connectivity index (χ1) is 34.6. The van der Waals surface area contributed by atoms with Crippen LogP contribution in [0.2, 0.25) is 0 Å². The van der Waals surface area contributed by atoms with E-state index in [0.717, 1.165) is 64.2 Å². The van der Waals surface area contributed by atoms with Gasteiger partial charge in [0.05, 0.1) is 6.61 Å². The first-order valence-electron chi connectivity index (χ1n) is 30.5. The van der Waals surface area contributed by atoms with Crippen molar-refractivity contribution in [2.75, 3.05) is 13.2 Å². The average Bonchev–Trinajstić information content (AvgIpc) is 3.36. The number of unbranched alkanes of at least 4 members (excludes halogenated alkanes) is 36. The number of carbonyl (C=O) groups is 2. The van der Waals surface area contributed by atoms with Crippen molar-refractivity contribution in [3.63, 3.8) is 0 Å². The molecule has 0 amide bonds. The van der Waals surface area contributed by atoms with Gasteiger partial charge in [-0.25, -0.2) is 0 Å². The number of esters is 2. The molecule has 0 fully saturated rings. The Morgan fingerprint density at radius 3 is 0.857 bits per heavy atom. The lowest BCUT2D eigenvalue weighted by atomic mass is 10.0. The van der Waals surface area contributed by atoms with Gasteiger partial charge in [-0.1, -0.05) is 279 Å². The number of aliphatic hydroxyl groups excluding tert-OH is 1. The van der Waals surface area contributed by atoms with Crippen molar-refractivity contribution in [3.8, 4) is 0 Å². The molecule has 0 aromatic carbocycles. The molecule has 0 spiro atoms. The lowest BCUT2D eigenvalue weighted by molar-refractivity contribution is -0.161. The zero-order valence-corrected chi connectivity index (χ0v) is 46.5. The first-order valence-corrected chi connectivity index (χ1v) is 30.5. The molecular formula is C65H116O5. The van der Waals surface area contributed by atoms with Gasteiger partial charge in [0.25, 0.3) is 0 Å². The number of rotatable bonds is 56. The lowest BCUT2D eigenvalue weighted by Gasteiger charge is -2.15. The van der Waals surface area contributed by atoms with Crippen LogP contribution in [-0.2, 0) is 19.1 Å². The molecule has 5 nitrogen and oxygen atoms in total. The minimum absolute atomic E-state index is 0.0681. The fourth-order valence-corrected chi connectivity index (χ4v) is 8.87. The Bertz CT molecular complexity index is 1240. The highest BCUT2D eigenvalue weighted by Crippen LogP contribution is 2.16. The van der Waals surface area contributed by atoms with E-state index in [1.165, 1.54) is 218 Å². The Balaban J connectivity index is 3.48. The minimum atomic E-state index is -0.777. The molecule has 0 bridgehead atoms. The molecule has 1 N–H and O–H groups in total. The van der Waals surface area contributed by atoms with Gasteiger partial charge in [0, 0.05) is 12.8 Å². The summed E-state index contributed by atoms with van der Waals surface area (Å²) in [5.74, 6) is -0.586. The summed E-state index contributed by atoms with van der Waals surface area (Å²) >= 11 is 0. The van der Waals surface area contributed by atoms with Crippen LogP contribution in [0, 0.1) is 0 Å². The highest BCUT2D eigenvalue weighted by Gasteiger charge is 2.16. The molecule has 406 valence electrons. The molecule has 5 heteroatoms. The molecule has 1 unspecified atom stereocenters. The second kappa shape index (κ2) is 60.6. The summed E-state index contributed by atoms with van der Waals surface area (Å²) in [6.07, 6.45) is 83.1. The van der Waals surface area contributed by atoms with E-state index in [2.05, 4.69) is 86.8 Å². The molecule has 0 aromatic heterocycles. The zero-order chi connectivity index (χ0) is 50.6. The van der Waals surface area contributed by atoms with Crippen LogP contribution in [-0.4, -0.2) is 36.4 Å². The third kappa shape index (κ3) is 57.9. The van der Waals surface area contributed by atoms with E-state index in [0.29, 0.717) is 12.8 Å². The number of ether oxygens (including phenoxy) is 2. The first kappa shape index (κ1) is 67.3. The predicted octanol–water partition coefficient (Wildman–Crippen LogP) is 20.8. The summed E-state index contributed by atoms with van der Waals surface area (Å²) in [5.41, 5.74) is 0. The van der Waals surface area contributed by atoms with Gasteiger partial charge >= 0.3 is 11.9 Å². The highest BCUT2D eigenvalue weighted by molar-refractivity contribution is 5.70. The fourth-order valence-electron chi connectivity index (χ4n) is 8.87. The van der Waals surface area contributed by atoms with Gasteiger partial charge in [-0.3, -0.25) is 9.59 Å². The maximum absolute atomic E-state index is 12.3. The van der Waals surface area contributed by atoms with Gasteiger partial charge in [-0.15, -0.1) is 0 Å². The molecule has 0 aliphatic heterocycles. The number of hydrogen-bond acceptors (Lipinski definition) is 5. The van der Waals surface area contributed by atoms with Crippen molar-refractivity contribution >= 4 is 11.9 Å².